The van der Waals surface area contributed by atoms with Crippen LogP contribution < -0.4 is 4.72 Å². The Morgan fingerprint density at radius 3 is 2.16 bits per heavy atom. The monoisotopic (exact) mass is 379 g/mol. The van der Waals surface area contributed by atoms with Gasteiger partial charge in [-0.1, -0.05) is 23.9 Å². The maximum absolute atomic E-state index is 12.3. The van der Waals surface area contributed by atoms with Crippen LogP contribution in [0.15, 0.2) is 53.4 Å². The van der Waals surface area contributed by atoms with E-state index in [1.165, 1.54) is 55.5 Å². The van der Waals surface area contributed by atoms with Crippen LogP contribution in [0, 0.1) is 0 Å². The number of rotatable bonds is 7. The van der Waals surface area contributed by atoms with E-state index in [1.54, 1.807) is 0 Å². The third kappa shape index (κ3) is 5.42. The number of anilines is 1. The molecule has 0 amide bonds. The molecular formula is C17H17NO5S2. The van der Waals surface area contributed by atoms with Crippen molar-refractivity contribution < 1.29 is 23.1 Å². The number of benzene rings is 2. The first-order valence-corrected chi connectivity index (χ1v) is 9.78. The summed E-state index contributed by atoms with van der Waals surface area (Å²) < 4.78 is 27.1. The van der Waals surface area contributed by atoms with Gasteiger partial charge in [0, 0.05) is 18.2 Å². The zero-order chi connectivity index (χ0) is 18.4. The maximum atomic E-state index is 12.3. The number of carbonyl (C=O) groups excluding carboxylic acids is 2. The van der Waals surface area contributed by atoms with Crippen LogP contribution in [0.4, 0.5) is 5.69 Å². The van der Waals surface area contributed by atoms with Crippen LogP contribution >= 0.6 is 11.8 Å². The Balaban J connectivity index is 2.09. The first kappa shape index (κ1) is 19.2. The number of hydrogen-bond donors (Lipinski definition) is 2. The summed E-state index contributed by atoms with van der Waals surface area (Å²) in [7, 11) is -3.76. The molecule has 25 heavy (non-hydrogen) atoms. The zero-order valence-corrected chi connectivity index (χ0v) is 15.1. The summed E-state index contributed by atoms with van der Waals surface area (Å²) in [5.41, 5.74) is 1.34. The highest BCUT2D eigenvalue weighted by Crippen LogP contribution is 2.18. The molecule has 0 saturated carbocycles. The second-order valence-electron chi connectivity index (χ2n) is 5.19. The van der Waals surface area contributed by atoms with Crippen molar-refractivity contribution in [1.82, 2.24) is 0 Å². The van der Waals surface area contributed by atoms with Crippen molar-refractivity contribution in [3.8, 4) is 0 Å². The van der Waals surface area contributed by atoms with Crippen molar-refractivity contribution in [2.75, 3.05) is 10.5 Å². The highest BCUT2D eigenvalue weighted by Gasteiger charge is 2.14. The lowest BCUT2D eigenvalue weighted by molar-refractivity contribution is -0.109. The SMILES string of the molecule is CC(=O)SCC(=O)c1ccc(NS(=O)(=O)c2ccc(CO)cc2)cc1. The van der Waals surface area contributed by atoms with Gasteiger partial charge in [0.05, 0.1) is 17.3 Å². The molecule has 0 atom stereocenters. The summed E-state index contributed by atoms with van der Waals surface area (Å²) in [6.45, 7) is 1.23. The highest BCUT2D eigenvalue weighted by molar-refractivity contribution is 8.14. The molecule has 8 heteroatoms. The number of Topliss-reactive ketones (excluding diaryl/α,β-unsaturated/α-hetero) is 1. The molecule has 0 fully saturated rings. The minimum Gasteiger partial charge on any atom is -0.392 e. The van der Waals surface area contributed by atoms with Crippen molar-refractivity contribution in [1.29, 1.82) is 0 Å². The van der Waals surface area contributed by atoms with E-state index >= 15 is 0 Å². The first-order chi connectivity index (χ1) is 11.8. The van der Waals surface area contributed by atoms with E-state index in [-0.39, 0.29) is 28.2 Å². The normalized spacial score (nSPS) is 11.1. The first-order valence-electron chi connectivity index (χ1n) is 7.31. The molecule has 0 spiro atoms. The van der Waals surface area contributed by atoms with Crippen molar-refractivity contribution in [3.05, 3.63) is 59.7 Å². The predicted octanol–water partition coefficient (Wildman–Crippen LogP) is 2.44. The number of aliphatic hydroxyl groups is 1. The van der Waals surface area contributed by atoms with E-state index < -0.39 is 10.0 Å². The molecular weight excluding hydrogens is 362 g/mol. The van der Waals surface area contributed by atoms with Crippen molar-refractivity contribution in [2.24, 2.45) is 0 Å². The number of thioether (sulfide) groups is 1. The van der Waals surface area contributed by atoms with Crippen LogP contribution in [0.25, 0.3) is 0 Å². The number of aliphatic hydroxyl groups excluding tert-OH is 1. The molecule has 0 aliphatic heterocycles. The third-order valence-electron chi connectivity index (χ3n) is 3.28. The van der Waals surface area contributed by atoms with Crippen LogP contribution in [0.3, 0.4) is 0 Å². The molecule has 2 rings (SSSR count). The molecule has 0 aromatic heterocycles. The molecule has 6 nitrogen and oxygen atoms in total. The summed E-state index contributed by atoms with van der Waals surface area (Å²) in [5, 5.41) is 8.86. The Labute approximate surface area is 150 Å². The second kappa shape index (κ2) is 8.28. The van der Waals surface area contributed by atoms with Crippen LogP contribution in [0.5, 0.6) is 0 Å². The molecule has 2 N–H and O–H groups in total. The summed E-state index contributed by atoms with van der Waals surface area (Å²) in [4.78, 5) is 22.9. The van der Waals surface area contributed by atoms with Crippen LogP contribution in [0.1, 0.15) is 22.8 Å². The van der Waals surface area contributed by atoms with Crippen LogP contribution in [-0.4, -0.2) is 30.2 Å². The second-order valence-corrected chi connectivity index (χ2v) is 8.02. The fourth-order valence-corrected chi connectivity index (χ4v) is 3.52. The van der Waals surface area contributed by atoms with Gasteiger partial charge in [-0.2, -0.15) is 0 Å². The van der Waals surface area contributed by atoms with Crippen molar-refractivity contribution >= 4 is 38.4 Å². The van der Waals surface area contributed by atoms with Crippen LogP contribution in [-0.2, 0) is 21.4 Å². The lowest BCUT2D eigenvalue weighted by Gasteiger charge is -2.09. The standard InChI is InChI=1S/C17H17NO5S2/c1-12(20)24-11-17(21)14-4-6-15(7-5-14)18-25(22,23)16-8-2-13(10-19)3-9-16/h2-9,18-19H,10-11H2,1H3. The topological polar surface area (TPSA) is 101 Å². The van der Waals surface area contributed by atoms with Gasteiger partial charge in [0.1, 0.15) is 0 Å². The van der Waals surface area contributed by atoms with Gasteiger partial charge in [-0.3, -0.25) is 14.3 Å². The third-order valence-corrected chi connectivity index (χ3v) is 5.49. The van der Waals surface area contributed by atoms with Gasteiger partial charge < -0.3 is 5.11 Å². The molecule has 0 bridgehead atoms. The van der Waals surface area contributed by atoms with Crippen molar-refractivity contribution in [2.45, 2.75) is 18.4 Å². The van der Waals surface area contributed by atoms with E-state index in [9.17, 15) is 18.0 Å². The van der Waals surface area contributed by atoms with Gasteiger partial charge in [0.2, 0.25) is 0 Å². The Bertz CT molecular complexity index is 859. The average Bonchev–Trinajstić information content (AvgIpc) is 2.60. The van der Waals surface area contributed by atoms with E-state index in [0.29, 0.717) is 16.8 Å². The molecule has 0 heterocycles. The summed E-state index contributed by atoms with van der Waals surface area (Å²) in [6.07, 6.45) is 0. The fraction of sp³-hybridized carbons (Fsp3) is 0.176. The highest BCUT2D eigenvalue weighted by atomic mass is 32.2. The Hall–Kier alpha value is -2.16. The van der Waals surface area contributed by atoms with E-state index in [0.717, 1.165) is 11.8 Å². The fourth-order valence-electron chi connectivity index (χ4n) is 1.96. The van der Waals surface area contributed by atoms with Crippen molar-refractivity contribution in [3.63, 3.8) is 0 Å². The Morgan fingerprint density at radius 1 is 1.04 bits per heavy atom. The zero-order valence-electron chi connectivity index (χ0n) is 13.4. The number of carbonyl (C=O) groups is 2. The Kier molecular flexibility index (Phi) is 6.35. The summed E-state index contributed by atoms with van der Waals surface area (Å²) in [5.74, 6) is -0.147. The van der Waals surface area contributed by atoms with E-state index in [1.807, 2.05) is 0 Å². The number of nitrogens with one attached hydrogen (secondary N) is 1. The molecule has 0 unspecified atom stereocenters. The lowest BCUT2D eigenvalue weighted by Crippen LogP contribution is -2.13. The minimum atomic E-state index is -3.76. The van der Waals surface area contributed by atoms with Gasteiger partial charge in [-0.05, 0) is 42.0 Å². The summed E-state index contributed by atoms with van der Waals surface area (Å²) in [6, 6.07) is 11.9. The molecule has 0 aliphatic rings. The summed E-state index contributed by atoms with van der Waals surface area (Å²) >= 11 is 0.931. The number of hydrogen-bond acceptors (Lipinski definition) is 6. The smallest absolute Gasteiger partial charge is 0.261 e. The molecule has 0 aliphatic carbocycles. The van der Waals surface area contributed by atoms with E-state index in [4.69, 9.17) is 5.11 Å². The van der Waals surface area contributed by atoms with Gasteiger partial charge in [-0.25, -0.2) is 8.42 Å². The van der Waals surface area contributed by atoms with Gasteiger partial charge in [0.25, 0.3) is 10.0 Å². The largest absolute Gasteiger partial charge is 0.392 e. The predicted molar refractivity (Wildman–Crippen MR) is 97.1 cm³/mol. The maximum Gasteiger partial charge on any atom is 0.261 e. The molecule has 0 saturated heterocycles. The molecule has 132 valence electrons. The van der Waals surface area contributed by atoms with E-state index in [2.05, 4.69) is 4.72 Å². The Morgan fingerprint density at radius 2 is 1.64 bits per heavy atom. The number of sulfonamides is 1. The minimum absolute atomic E-state index is 0.0532. The van der Waals surface area contributed by atoms with Gasteiger partial charge in [-0.15, -0.1) is 0 Å². The number of ketones is 1. The van der Waals surface area contributed by atoms with Gasteiger partial charge in [0.15, 0.2) is 10.9 Å². The lowest BCUT2D eigenvalue weighted by atomic mass is 10.1. The molecule has 0 radical (unpaired) electrons. The van der Waals surface area contributed by atoms with Gasteiger partial charge >= 0.3 is 0 Å². The quantitative estimate of drug-likeness (QED) is 0.717. The molecule has 2 aromatic carbocycles. The average molecular weight is 379 g/mol. The van der Waals surface area contributed by atoms with Crippen LogP contribution in [0.2, 0.25) is 0 Å². The molecule has 2 aromatic rings.